The molecule has 1 aromatic carbocycles. The standard InChI is InChI=1S/C22H23N5O2/c1-15-6-9-21(23-13-15)29-14-16-12-17-7-8-19(16)26(17)22(28)18-4-2-3-5-20(18)27-24-10-11-25-27/h2-6,9-11,13,16-17,19H,7-8,12,14H2,1H3. The van der Waals surface area contributed by atoms with Crippen LogP contribution in [0, 0.1) is 12.8 Å². The van der Waals surface area contributed by atoms with Crippen molar-refractivity contribution in [2.45, 2.75) is 38.3 Å². The number of benzene rings is 1. The maximum absolute atomic E-state index is 13.5. The molecule has 2 bridgehead atoms. The van der Waals surface area contributed by atoms with Crippen LogP contribution in [0.4, 0.5) is 0 Å². The molecule has 7 nitrogen and oxygen atoms in total. The minimum atomic E-state index is 0.0568. The van der Waals surface area contributed by atoms with Crippen molar-refractivity contribution in [2.75, 3.05) is 6.61 Å². The van der Waals surface area contributed by atoms with Crippen LogP contribution in [0.2, 0.25) is 0 Å². The molecule has 0 radical (unpaired) electrons. The number of pyridine rings is 1. The van der Waals surface area contributed by atoms with Crippen LogP contribution >= 0.6 is 0 Å². The molecule has 0 saturated carbocycles. The molecular weight excluding hydrogens is 366 g/mol. The van der Waals surface area contributed by atoms with Gasteiger partial charge < -0.3 is 9.64 Å². The third-order valence-electron chi connectivity index (χ3n) is 6.00. The number of amides is 1. The average molecular weight is 389 g/mol. The highest BCUT2D eigenvalue weighted by molar-refractivity contribution is 5.98. The van der Waals surface area contributed by atoms with E-state index >= 15 is 0 Å². The molecule has 7 heteroatoms. The van der Waals surface area contributed by atoms with Gasteiger partial charge in [0.25, 0.3) is 5.91 Å². The molecular formula is C22H23N5O2. The van der Waals surface area contributed by atoms with Gasteiger partial charge in [0.1, 0.15) is 0 Å². The Kier molecular flexibility index (Phi) is 4.50. The van der Waals surface area contributed by atoms with Gasteiger partial charge in [0.15, 0.2) is 0 Å². The van der Waals surface area contributed by atoms with Crippen LogP contribution in [-0.2, 0) is 0 Å². The van der Waals surface area contributed by atoms with Crippen LogP contribution in [0.5, 0.6) is 5.88 Å². The topological polar surface area (TPSA) is 73.1 Å². The maximum Gasteiger partial charge on any atom is 0.256 e. The number of para-hydroxylation sites is 1. The third-order valence-corrected chi connectivity index (χ3v) is 6.00. The molecule has 4 heterocycles. The van der Waals surface area contributed by atoms with Crippen LogP contribution < -0.4 is 4.74 Å². The van der Waals surface area contributed by atoms with E-state index in [9.17, 15) is 4.79 Å². The third kappa shape index (κ3) is 3.26. The van der Waals surface area contributed by atoms with Gasteiger partial charge in [-0.05, 0) is 43.9 Å². The number of aromatic nitrogens is 4. The molecule has 0 aliphatic carbocycles. The Hall–Kier alpha value is -3.22. The first-order valence-corrected chi connectivity index (χ1v) is 10.0. The van der Waals surface area contributed by atoms with Crippen molar-refractivity contribution >= 4 is 5.91 Å². The fourth-order valence-corrected chi connectivity index (χ4v) is 4.65. The number of aryl methyl sites for hydroxylation is 1. The Morgan fingerprint density at radius 1 is 1.14 bits per heavy atom. The van der Waals surface area contributed by atoms with E-state index in [2.05, 4.69) is 20.1 Å². The van der Waals surface area contributed by atoms with Gasteiger partial charge >= 0.3 is 0 Å². The lowest BCUT2D eigenvalue weighted by Crippen LogP contribution is -2.38. The summed E-state index contributed by atoms with van der Waals surface area (Å²) in [4.78, 5) is 21.4. The summed E-state index contributed by atoms with van der Waals surface area (Å²) in [5, 5.41) is 8.40. The highest BCUT2D eigenvalue weighted by Gasteiger charge is 2.49. The van der Waals surface area contributed by atoms with E-state index in [4.69, 9.17) is 4.74 Å². The summed E-state index contributed by atoms with van der Waals surface area (Å²) in [6.45, 7) is 2.59. The van der Waals surface area contributed by atoms with Gasteiger partial charge in [-0.25, -0.2) is 4.98 Å². The molecule has 1 amide bonds. The lowest BCUT2D eigenvalue weighted by Gasteiger charge is -2.25. The minimum Gasteiger partial charge on any atom is -0.477 e. The number of ether oxygens (including phenoxy) is 1. The van der Waals surface area contributed by atoms with Crippen LogP contribution in [0.25, 0.3) is 5.69 Å². The minimum absolute atomic E-state index is 0.0568. The molecule has 0 spiro atoms. The van der Waals surface area contributed by atoms with Gasteiger partial charge in [-0.2, -0.15) is 15.0 Å². The molecule has 3 aromatic rings. The molecule has 0 N–H and O–H groups in total. The summed E-state index contributed by atoms with van der Waals surface area (Å²) in [6, 6.07) is 11.9. The molecule has 2 fully saturated rings. The monoisotopic (exact) mass is 389 g/mol. The van der Waals surface area contributed by atoms with E-state index < -0.39 is 0 Å². The predicted octanol–water partition coefficient (Wildman–Crippen LogP) is 3.04. The molecule has 5 rings (SSSR count). The number of hydrogen-bond donors (Lipinski definition) is 0. The summed E-state index contributed by atoms with van der Waals surface area (Å²) in [6.07, 6.45) is 8.10. The second-order valence-corrected chi connectivity index (χ2v) is 7.83. The van der Waals surface area contributed by atoms with Crippen molar-refractivity contribution in [2.24, 2.45) is 5.92 Å². The Morgan fingerprint density at radius 3 is 2.76 bits per heavy atom. The van der Waals surface area contributed by atoms with Crippen LogP contribution in [0.3, 0.4) is 0 Å². The summed E-state index contributed by atoms with van der Waals surface area (Å²) in [7, 11) is 0. The Bertz CT molecular complexity index is 1000. The molecule has 2 aliphatic heterocycles. The number of nitrogens with zero attached hydrogens (tertiary/aromatic N) is 5. The highest BCUT2D eigenvalue weighted by atomic mass is 16.5. The normalized spacial score (nSPS) is 22.8. The highest BCUT2D eigenvalue weighted by Crippen LogP contribution is 2.43. The molecule has 2 aromatic heterocycles. The van der Waals surface area contributed by atoms with E-state index in [1.807, 2.05) is 49.5 Å². The Labute approximate surface area is 169 Å². The maximum atomic E-state index is 13.5. The lowest BCUT2D eigenvalue weighted by atomic mass is 9.90. The predicted molar refractivity (Wildman–Crippen MR) is 107 cm³/mol. The number of fused-ring (bicyclic) bond motifs is 2. The second-order valence-electron chi connectivity index (χ2n) is 7.83. The van der Waals surface area contributed by atoms with Gasteiger partial charge in [0, 0.05) is 30.3 Å². The summed E-state index contributed by atoms with van der Waals surface area (Å²) >= 11 is 0. The number of carbonyl (C=O) groups excluding carboxylic acids is 1. The van der Waals surface area contributed by atoms with E-state index in [-0.39, 0.29) is 18.0 Å². The molecule has 148 valence electrons. The Balaban J connectivity index is 1.34. The average Bonchev–Trinajstić information content (AvgIpc) is 3.49. The summed E-state index contributed by atoms with van der Waals surface area (Å²) in [5.41, 5.74) is 2.47. The van der Waals surface area contributed by atoms with Gasteiger partial charge in [-0.3, -0.25) is 4.79 Å². The van der Waals surface area contributed by atoms with Crippen LogP contribution in [0.15, 0.2) is 55.0 Å². The number of hydrogen-bond acceptors (Lipinski definition) is 5. The van der Waals surface area contributed by atoms with E-state index in [1.165, 1.54) is 4.80 Å². The summed E-state index contributed by atoms with van der Waals surface area (Å²) in [5.74, 6) is 1.03. The zero-order valence-electron chi connectivity index (χ0n) is 16.3. The van der Waals surface area contributed by atoms with Gasteiger partial charge in [0.05, 0.1) is 30.3 Å². The summed E-state index contributed by atoms with van der Waals surface area (Å²) < 4.78 is 5.94. The molecule has 3 atom stereocenters. The molecule has 29 heavy (non-hydrogen) atoms. The fraction of sp³-hybridized carbons (Fsp3) is 0.364. The molecule has 2 aliphatic rings. The second kappa shape index (κ2) is 7.31. The van der Waals surface area contributed by atoms with E-state index in [0.29, 0.717) is 29.7 Å². The van der Waals surface area contributed by atoms with Crippen molar-refractivity contribution in [3.63, 3.8) is 0 Å². The fourth-order valence-electron chi connectivity index (χ4n) is 4.65. The number of rotatable bonds is 5. The van der Waals surface area contributed by atoms with Crippen molar-refractivity contribution in [3.05, 3.63) is 66.1 Å². The zero-order valence-corrected chi connectivity index (χ0v) is 16.3. The first-order chi connectivity index (χ1) is 14.2. The lowest BCUT2D eigenvalue weighted by molar-refractivity contribution is 0.0709. The van der Waals surface area contributed by atoms with Crippen molar-refractivity contribution < 1.29 is 9.53 Å². The molecule has 3 unspecified atom stereocenters. The SMILES string of the molecule is Cc1ccc(OCC2CC3CCC2N3C(=O)c2ccccc2-n2nccn2)nc1. The quantitative estimate of drug-likeness (QED) is 0.671. The van der Waals surface area contributed by atoms with Crippen molar-refractivity contribution in [3.8, 4) is 11.6 Å². The molecule has 2 saturated heterocycles. The largest absolute Gasteiger partial charge is 0.477 e. The van der Waals surface area contributed by atoms with Crippen LogP contribution in [0.1, 0.15) is 35.2 Å². The first kappa shape index (κ1) is 17.8. The van der Waals surface area contributed by atoms with E-state index in [1.54, 1.807) is 12.4 Å². The van der Waals surface area contributed by atoms with Gasteiger partial charge in [-0.1, -0.05) is 18.2 Å². The number of carbonyl (C=O) groups is 1. The Morgan fingerprint density at radius 2 is 1.97 bits per heavy atom. The zero-order chi connectivity index (χ0) is 19.8. The van der Waals surface area contributed by atoms with Gasteiger partial charge in [0.2, 0.25) is 5.88 Å². The first-order valence-electron chi connectivity index (χ1n) is 10.0. The smallest absolute Gasteiger partial charge is 0.256 e. The van der Waals surface area contributed by atoms with E-state index in [0.717, 1.165) is 24.8 Å². The van der Waals surface area contributed by atoms with Crippen molar-refractivity contribution in [1.82, 2.24) is 24.9 Å². The van der Waals surface area contributed by atoms with Gasteiger partial charge in [-0.15, -0.1) is 0 Å². The van der Waals surface area contributed by atoms with Crippen LogP contribution in [-0.4, -0.2) is 49.5 Å². The van der Waals surface area contributed by atoms with Crippen molar-refractivity contribution in [1.29, 1.82) is 0 Å².